The van der Waals surface area contributed by atoms with Gasteiger partial charge < -0.3 is 5.32 Å². The average Bonchev–Trinajstić information content (AvgIpc) is 2.37. The second-order valence-corrected chi connectivity index (χ2v) is 4.28. The van der Waals surface area contributed by atoms with E-state index in [0.717, 1.165) is 0 Å². The molecule has 0 aliphatic heterocycles. The normalized spacial score (nSPS) is 10.2. The summed E-state index contributed by atoms with van der Waals surface area (Å²) >= 11 is 5.78. The Bertz CT molecular complexity index is 619. The van der Waals surface area contributed by atoms with Gasteiger partial charge >= 0.3 is 0 Å². The van der Waals surface area contributed by atoms with Crippen LogP contribution in [0.15, 0.2) is 42.5 Å². The molecule has 19 heavy (non-hydrogen) atoms. The Morgan fingerprint density at radius 2 is 2.00 bits per heavy atom. The molecule has 0 spiro atoms. The quantitative estimate of drug-likeness (QED) is 0.680. The zero-order valence-corrected chi connectivity index (χ0v) is 10.5. The highest BCUT2D eigenvalue weighted by atomic mass is 35.5. The van der Waals surface area contributed by atoms with E-state index in [1.165, 1.54) is 24.3 Å². The molecule has 0 fully saturated rings. The summed E-state index contributed by atoms with van der Waals surface area (Å²) in [4.78, 5) is 10.1. The van der Waals surface area contributed by atoms with Crippen molar-refractivity contribution in [2.45, 2.75) is 6.54 Å². The molecule has 0 saturated heterocycles. The van der Waals surface area contributed by atoms with E-state index < -0.39 is 4.92 Å². The molecule has 6 heteroatoms. The number of rotatable bonds is 4. The molecule has 0 aromatic heterocycles. The van der Waals surface area contributed by atoms with Gasteiger partial charge in [-0.1, -0.05) is 29.8 Å². The van der Waals surface area contributed by atoms with Crippen LogP contribution in [0.5, 0.6) is 0 Å². The molecule has 2 rings (SSSR count). The van der Waals surface area contributed by atoms with Crippen molar-refractivity contribution < 1.29 is 9.31 Å². The highest BCUT2D eigenvalue weighted by Crippen LogP contribution is 2.27. The molecule has 0 atom stereocenters. The van der Waals surface area contributed by atoms with Gasteiger partial charge in [-0.05, 0) is 18.2 Å². The smallest absolute Gasteiger partial charge is 0.288 e. The maximum absolute atomic E-state index is 13.4. The Morgan fingerprint density at radius 1 is 1.26 bits per heavy atom. The van der Waals surface area contributed by atoms with E-state index in [1.807, 2.05) is 0 Å². The van der Waals surface area contributed by atoms with E-state index in [9.17, 15) is 14.5 Å². The number of nitro groups is 1. The van der Waals surface area contributed by atoms with Crippen molar-refractivity contribution in [3.05, 3.63) is 69.0 Å². The average molecular weight is 281 g/mol. The Labute approximate surface area is 114 Å². The van der Waals surface area contributed by atoms with Crippen molar-refractivity contribution in [2.75, 3.05) is 5.32 Å². The van der Waals surface area contributed by atoms with Crippen molar-refractivity contribution >= 4 is 23.0 Å². The van der Waals surface area contributed by atoms with Crippen LogP contribution in [-0.4, -0.2) is 4.92 Å². The number of nitro benzene ring substituents is 1. The van der Waals surface area contributed by atoms with Gasteiger partial charge in [-0.3, -0.25) is 10.1 Å². The second-order valence-electron chi connectivity index (χ2n) is 3.87. The Morgan fingerprint density at radius 3 is 2.63 bits per heavy atom. The molecule has 0 heterocycles. The van der Waals surface area contributed by atoms with Gasteiger partial charge in [0.05, 0.1) is 4.92 Å². The zero-order chi connectivity index (χ0) is 13.8. The molecule has 0 amide bonds. The van der Waals surface area contributed by atoms with Gasteiger partial charge in [0.25, 0.3) is 5.69 Å². The fourth-order valence-corrected chi connectivity index (χ4v) is 1.85. The van der Waals surface area contributed by atoms with E-state index in [1.54, 1.807) is 18.2 Å². The van der Waals surface area contributed by atoms with E-state index in [4.69, 9.17) is 11.6 Å². The molecular weight excluding hydrogens is 271 g/mol. The fraction of sp³-hybridized carbons (Fsp3) is 0.0769. The Balaban J connectivity index is 2.11. The lowest BCUT2D eigenvalue weighted by Gasteiger charge is -2.07. The largest absolute Gasteiger partial charge is 0.381 e. The van der Waals surface area contributed by atoms with Gasteiger partial charge in [0, 0.05) is 23.9 Å². The first-order chi connectivity index (χ1) is 9.08. The van der Waals surface area contributed by atoms with Crippen molar-refractivity contribution in [1.82, 2.24) is 0 Å². The molecule has 0 aliphatic carbocycles. The summed E-state index contributed by atoms with van der Waals surface area (Å²) in [6.45, 7) is 0.279. The Hall–Kier alpha value is -2.14. The van der Waals surface area contributed by atoms with E-state index in [-0.39, 0.29) is 23.1 Å². The summed E-state index contributed by atoms with van der Waals surface area (Å²) < 4.78 is 13.4. The lowest BCUT2D eigenvalue weighted by molar-refractivity contribution is -0.384. The maximum Gasteiger partial charge on any atom is 0.288 e. The van der Waals surface area contributed by atoms with Crippen molar-refractivity contribution in [3.63, 3.8) is 0 Å². The van der Waals surface area contributed by atoms with Gasteiger partial charge in [0.1, 0.15) is 10.8 Å². The molecule has 2 aromatic carbocycles. The molecule has 0 aliphatic rings. The van der Waals surface area contributed by atoms with E-state index in [2.05, 4.69) is 5.32 Å². The summed E-state index contributed by atoms with van der Waals surface area (Å²) in [6, 6.07) is 10.7. The SMILES string of the molecule is O=[N+]([O-])c1ccc(NCc2ccccc2F)cc1Cl. The number of halogens is 2. The molecule has 0 saturated carbocycles. The van der Waals surface area contributed by atoms with Gasteiger partial charge in [-0.2, -0.15) is 0 Å². The molecule has 98 valence electrons. The molecule has 0 bridgehead atoms. The van der Waals surface area contributed by atoms with Crippen LogP contribution in [0.25, 0.3) is 0 Å². The third kappa shape index (κ3) is 3.20. The van der Waals surface area contributed by atoms with Crippen LogP contribution in [0.3, 0.4) is 0 Å². The van der Waals surface area contributed by atoms with Crippen LogP contribution in [0, 0.1) is 15.9 Å². The van der Waals surface area contributed by atoms with E-state index >= 15 is 0 Å². The fourth-order valence-electron chi connectivity index (χ4n) is 1.60. The Kier molecular flexibility index (Phi) is 3.97. The van der Waals surface area contributed by atoms with Crippen molar-refractivity contribution in [1.29, 1.82) is 0 Å². The van der Waals surface area contributed by atoms with Gasteiger partial charge in [0.15, 0.2) is 0 Å². The minimum absolute atomic E-state index is 0.0449. The highest BCUT2D eigenvalue weighted by Gasteiger charge is 2.12. The topological polar surface area (TPSA) is 55.2 Å². The number of anilines is 1. The summed E-state index contributed by atoms with van der Waals surface area (Å²) in [5, 5.41) is 13.6. The third-order valence-corrected chi connectivity index (χ3v) is 2.89. The minimum Gasteiger partial charge on any atom is -0.381 e. The number of nitrogens with zero attached hydrogens (tertiary/aromatic N) is 1. The molecule has 0 radical (unpaired) electrons. The summed E-state index contributed by atoms with van der Waals surface area (Å²) in [7, 11) is 0. The first-order valence-corrected chi connectivity index (χ1v) is 5.87. The predicted octanol–water partition coefficient (Wildman–Crippen LogP) is 4.00. The number of benzene rings is 2. The molecule has 1 N–H and O–H groups in total. The minimum atomic E-state index is -0.553. The summed E-state index contributed by atoms with van der Waals surface area (Å²) in [5.41, 5.74) is 0.953. The van der Waals surface area contributed by atoms with Crippen LogP contribution in [0.2, 0.25) is 5.02 Å². The van der Waals surface area contributed by atoms with Crippen LogP contribution >= 0.6 is 11.6 Å². The van der Waals surface area contributed by atoms with Crippen LogP contribution in [0.1, 0.15) is 5.56 Å². The van der Waals surface area contributed by atoms with Crippen LogP contribution < -0.4 is 5.32 Å². The van der Waals surface area contributed by atoms with Crippen LogP contribution in [-0.2, 0) is 6.54 Å². The number of hydrogen-bond donors (Lipinski definition) is 1. The van der Waals surface area contributed by atoms with Crippen molar-refractivity contribution in [3.8, 4) is 0 Å². The zero-order valence-electron chi connectivity index (χ0n) is 9.77. The maximum atomic E-state index is 13.4. The summed E-state index contributed by atoms with van der Waals surface area (Å²) in [6.07, 6.45) is 0. The van der Waals surface area contributed by atoms with Gasteiger partial charge in [-0.15, -0.1) is 0 Å². The lowest BCUT2D eigenvalue weighted by atomic mass is 10.2. The highest BCUT2D eigenvalue weighted by molar-refractivity contribution is 6.32. The van der Waals surface area contributed by atoms with Crippen molar-refractivity contribution in [2.24, 2.45) is 0 Å². The lowest BCUT2D eigenvalue weighted by Crippen LogP contribution is -2.01. The van der Waals surface area contributed by atoms with E-state index in [0.29, 0.717) is 11.3 Å². The molecular formula is C13H10ClFN2O2. The number of hydrogen-bond acceptors (Lipinski definition) is 3. The molecule has 4 nitrogen and oxygen atoms in total. The van der Waals surface area contributed by atoms with Crippen LogP contribution in [0.4, 0.5) is 15.8 Å². The first-order valence-electron chi connectivity index (χ1n) is 5.49. The standard InChI is InChI=1S/C13H10ClFN2O2/c14-11-7-10(5-6-13(11)17(18)19)16-8-9-3-1-2-4-12(9)15/h1-7,16H,8H2. The van der Waals surface area contributed by atoms with Gasteiger partial charge in [-0.25, -0.2) is 4.39 Å². The monoisotopic (exact) mass is 280 g/mol. The predicted molar refractivity (Wildman–Crippen MR) is 71.8 cm³/mol. The van der Waals surface area contributed by atoms with Gasteiger partial charge in [0.2, 0.25) is 0 Å². The summed E-state index contributed by atoms with van der Waals surface area (Å²) in [5.74, 6) is -0.303. The molecule has 0 unspecified atom stereocenters. The number of nitrogens with one attached hydrogen (secondary N) is 1. The second kappa shape index (κ2) is 5.67. The third-order valence-electron chi connectivity index (χ3n) is 2.59. The molecule has 2 aromatic rings. The first kappa shape index (κ1) is 13.3.